The maximum atomic E-state index is 14.0. The Kier molecular flexibility index (Phi) is 6.17. The quantitative estimate of drug-likeness (QED) is 0.368. The predicted molar refractivity (Wildman–Crippen MR) is 124 cm³/mol. The third-order valence-corrected chi connectivity index (χ3v) is 5.86. The van der Waals surface area contributed by atoms with Crippen molar-refractivity contribution in [2.75, 3.05) is 0 Å². The molecule has 166 valence electrons. The van der Waals surface area contributed by atoms with Crippen LogP contribution in [0.3, 0.4) is 0 Å². The maximum absolute atomic E-state index is 14.0. The van der Waals surface area contributed by atoms with E-state index in [0.29, 0.717) is 22.0 Å². The first-order valence-electron chi connectivity index (χ1n) is 10.00. The van der Waals surface area contributed by atoms with E-state index in [0.717, 1.165) is 27.0 Å². The molecule has 0 aliphatic heterocycles. The standard InChI is InChI=1S/C23H22ClFN4O2S/c1-23(2,3)31-22(30)29-9-13-4-5-16(25)8-19(13)21-28-12-17(32-21)6-14-10-26-20-18(14)7-15(24)11-27-20/h4-5,7-8,10-12H,6,9H2,1-3H3,(H,26,27)(H,29,30). The summed E-state index contributed by atoms with van der Waals surface area (Å²) < 4.78 is 19.3. The number of benzene rings is 1. The minimum Gasteiger partial charge on any atom is -0.444 e. The van der Waals surface area contributed by atoms with Crippen LogP contribution in [-0.2, 0) is 17.7 Å². The van der Waals surface area contributed by atoms with Crippen LogP contribution in [0.5, 0.6) is 0 Å². The van der Waals surface area contributed by atoms with E-state index >= 15 is 0 Å². The average molecular weight is 473 g/mol. The van der Waals surface area contributed by atoms with Crippen LogP contribution in [0.2, 0.25) is 5.02 Å². The van der Waals surface area contributed by atoms with E-state index in [2.05, 4.69) is 20.3 Å². The highest BCUT2D eigenvalue weighted by Gasteiger charge is 2.17. The molecule has 0 fully saturated rings. The van der Waals surface area contributed by atoms with Crippen LogP contribution in [0.4, 0.5) is 9.18 Å². The van der Waals surface area contributed by atoms with Crippen LogP contribution in [0, 0.1) is 5.82 Å². The minimum absolute atomic E-state index is 0.200. The summed E-state index contributed by atoms with van der Waals surface area (Å²) in [4.78, 5) is 25.0. The number of aromatic nitrogens is 3. The first kappa shape index (κ1) is 22.2. The average Bonchev–Trinajstić information content (AvgIpc) is 3.33. The Bertz CT molecular complexity index is 1280. The number of carbonyl (C=O) groups is 1. The summed E-state index contributed by atoms with van der Waals surface area (Å²) in [6.07, 6.45) is 5.41. The van der Waals surface area contributed by atoms with E-state index in [4.69, 9.17) is 16.3 Å². The zero-order valence-electron chi connectivity index (χ0n) is 17.8. The third kappa shape index (κ3) is 5.26. The van der Waals surface area contributed by atoms with E-state index in [1.807, 2.05) is 12.3 Å². The summed E-state index contributed by atoms with van der Waals surface area (Å²) in [6, 6.07) is 6.33. The van der Waals surface area contributed by atoms with Gasteiger partial charge in [-0.25, -0.2) is 19.2 Å². The van der Waals surface area contributed by atoms with Gasteiger partial charge in [-0.15, -0.1) is 11.3 Å². The lowest BCUT2D eigenvalue weighted by atomic mass is 10.1. The Morgan fingerprint density at radius 3 is 2.81 bits per heavy atom. The van der Waals surface area contributed by atoms with Gasteiger partial charge in [0.2, 0.25) is 0 Å². The number of rotatable bonds is 5. The zero-order chi connectivity index (χ0) is 22.9. The van der Waals surface area contributed by atoms with Crippen molar-refractivity contribution in [1.82, 2.24) is 20.3 Å². The van der Waals surface area contributed by atoms with Gasteiger partial charge in [0, 0.05) is 47.4 Å². The maximum Gasteiger partial charge on any atom is 0.407 e. The fourth-order valence-electron chi connectivity index (χ4n) is 3.26. The van der Waals surface area contributed by atoms with Crippen molar-refractivity contribution in [3.63, 3.8) is 0 Å². The van der Waals surface area contributed by atoms with Gasteiger partial charge in [-0.3, -0.25) is 0 Å². The Morgan fingerprint density at radius 2 is 2.03 bits per heavy atom. The first-order valence-corrected chi connectivity index (χ1v) is 11.2. The molecule has 0 saturated carbocycles. The summed E-state index contributed by atoms with van der Waals surface area (Å²) in [7, 11) is 0. The van der Waals surface area contributed by atoms with Gasteiger partial charge in [0.15, 0.2) is 0 Å². The number of alkyl carbamates (subject to hydrolysis) is 1. The molecule has 0 bridgehead atoms. The van der Waals surface area contributed by atoms with Gasteiger partial charge in [-0.1, -0.05) is 17.7 Å². The second kappa shape index (κ2) is 8.88. The molecule has 2 N–H and O–H groups in total. The van der Waals surface area contributed by atoms with Crippen molar-refractivity contribution >= 4 is 40.1 Å². The molecule has 3 heterocycles. The topological polar surface area (TPSA) is 79.9 Å². The lowest BCUT2D eigenvalue weighted by Crippen LogP contribution is -2.32. The Balaban J connectivity index is 1.55. The molecule has 3 aromatic heterocycles. The Morgan fingerprint density at radius 1 is 1.22 bits per heavy atom. The van der Waals surface area contributed by atoms with Gasteiger partial charge in [-0.2, -0.15) is 0 Å². The second-order valence-electron chi connectivity index (χ2n) is 8.33. The van der Waals surface area contributed by atoms with Crippen molar-refractivity contribution in [3.8, 4) is 10.6 Å². The second-order valence-corrected chi connectivity index (χ2v) is 9.88. The molecule has 32 heavy (non-hydrogen) atoms. The number of H-pyrrole nitrogens is 1. The number of halogens is 2. The van der Waals surface area contributed by atoms with E-state index < -0.39 is 11.7 Å². The summed E-state index contributed by atoms with van der Waals surface area (Å²) in [5.41, 5.74) is 2.62. The van der Waals surface area contributed by atoms with Gasteiger partial charge < -0.3 is 15.0 Å². The molecule has 0 unspecified atom stereocenters. The molecule has 4 aromatic rings. The van der Waals surface area contributed by atoms with Crippen molar-refractivity contribution in [1.29, 1.82) is 0 Å². The van der Waals surface area contributed by atoms with E-state index in [1.165, 1.54) is 23.5 Å². The number of pyridine rings is 1. The number of fused-ring (bicyclic) bond motifs is 1. The van der Waals surface area contributed by atoms with Crippen LogP contribution in [0.1, 0.15) is 36.8 Å². The van der Waals surface area contributed by atoms with Gasteiger partial charge >= 0.3 is 6.09 Å². The number of hydrogen-bond donors (Lipinski definition) is 2. The minimum atomic E-state index is -0.595. The molecule has 0 spiro atoms. The molecule has 1 aromatic carbocycles. The number of ether oxygens (including phenoxy) is 1. The number of nitrogens with zero attached hydrogens (tertiary/aromatic N) is 2. The van der Waals surface area contributed by atoms with E-state index in [1.54, 1.807) is 39.2 Å². The predicted octanol–water partition coefficient (Wildman–Crippen LogP) is 6.09. The third-order valence-electron chi connectivity index (χ3n) is 4.63. The highest BCUT2D eigenvalue weighted by Crippen LogP contribution is 2.31. The molecule has 1 amide bonds. The molecule has 0 atom stereocenters. The lowest BCUT2D eigenvalue weighted by Gasteiger charge is -2.20. The molecule has 4 rings (SSSR count). The number of aromatic amines is 1. The molecule has 0 saturated heterocycles. The van der Waals surface area contributed by atoms with E-state index in [-0.39, 0.29) is 12.4 Å². The van der Waals surface area contributed by atoms with Crippen LogP contribution in [0.15, 0.2) is 42.9 Å². The summed E-state index contributed by atoms with van der Waals surface area (Å²) in [6.45, 7) is 5.59. The molecular weight excluding hydrogens is 451 g/mol. The number of thiazole rings is 1. The highest BCUT2D eigenvalue weighted by molar-refractivity contribution is 7.15. The molecule has 0 aliphatic carbocycles. The highest BCUT2D eigenvalue weighted by atomic mass is 35.5. The van der Waals surface area contributed by atoms with Crippen molar-refractivity contribution in [2.45, 2.75) is 39.3 Å². The lowest BCUT2D eigenvalue weighted by molar-refractivity contribution is 0.0523. The molecule has 9 heteroatoms. The fraction of sp³-hybridized carbons (Fsp3) is 0.261. The van der Waals surface area contributed by atoms with Crippen molar-refractivity contribution < 1.29 is 13.9 Å². The monoisotopic (exact) mass is 472 g/mol. The van der Waals surface area contributed by atoms with Crippen LogP contribution in [0.25, 0.3) is 21.6 Å². The summed E-state index contributed by atoms with van der Waals surface area (Å²) >= 11 is 7.57. The smallest absolute Gasteiger partial charge is 0.407 e. The number of carbonyl (C=O) groups excluding carboxylic acids is 1. The van der Waals surface area contributed by atoms with Gasteiger partial charge in [0.25, 0.3) is 0 Å². The summed E-state index contributed by atoms with van der Waals surface area (Å²) in [5, 5.41) is 4.93. The van der Waals surface area contributed by atoms with Crippen molar-refractivity contribution in [2.24, 2.45) is 0 Å². The van der Waals surface area contributed by atoms with Crippen LogP contribution >= 0.6 is 22.9 Å². The normalized spacial score (nSPS) is 11.7. The number of amides is 1. The molecule has 0 aliphatic rings. The molecular formula is C23H22ClFN4O2S. The zero-order valence-corrected chi connectivity index (χ0v) is 19.4. The van der Waals surface area contributed by atoms with Crippen LogP contribution < -0.4 is 5.32 Å². The van der Waals surface area contributed by atoms with Gasteiger partial charge in [-0.05, 0) is 50.1 Å². The van der Waals surface area contributed by atoms with Gasteiger partial charge in [0.05, 0.1) is 5.02 Å². The SMILES string of the molecule is CC(C)(C)OC(=O)NCc1ccc(F)cc1-c1ncc(Cc2c[nH]c3ncc(Cl)cc23)s1. The van der Waals surface area contributed by atoms with Crippen LogP contribution in [-0.4, -0.2) is 26.6 Å². The molecule has 0 radical (unpaired) electrons. The van der Waals surface area contributed by atoms with E-state index in [9.17, 15) is 9.18 Å². The number of nitrogens with one attached hydrogen (secondary N) is 2. The fourth-order valence-corrected chi connectivity index (χ4v) is 4.41. The molecule has 6 nitrogen and oxygen atoms in total. The Labute approximate surface area is 193 Å². The Hall–Kier alpha value is -2.97. The first-order chi connectivity index (χ1) is 15.2. The number of hydrogen-bond acceptors (Lipinski definition) is 5. The van der Waals surface area contributed by atoms with Gasteiger partial charge in [0.1, 0.15) is 22.1 Å². The summed E-state index contributed by atoms with van der Waals surface area (Å²) in [5.74, 6) is -0.366. The van der Waals surface area contributed by atoms with Crippen molar-refractivity contribution in [3.05, 3.63) is 69.7 Å². The largest absolute Gasteiger partial charge is 0.444 e.